The molecule has 4 rings (SSSR count). The Morgan fingerprint density at radius 2 is 1.91 bits per heavy atom. The first-order chi connectivity index (χ1) is 10.9. The Hall–Kier alpha value is -1.57. The Morgan fingerprint density at radius 1 is 1.22 bits per heavy atom. The first-order valence-corrected chi connectivity index (χ1v) is 9.77. The molecule has 0 bridgehead atoms. The van der Waals surface area contributed by atoms with Crippen LogP contribution in [0.4, 0.5) is 5.69 Å². The quantitative estimate of drug-likeness (QED) is 0.451. The second kappa shape index (κ2) is 4.72. The van der Waals surface area contributed by atoms with E-state index >= 15 is 0 Å². The summed E-state index contributed by atoms with van der Waals surface area (Å²) in [7, 11) is 3.11. The van der Waals surface area contributed by atoms with Gasteiger partial charge >= 0.3 is 0 Å². The molecule has 1 amide bonds. The van der Waals surface area contributed by atoms with E-state index in [1.807, 2.05) is 26.8 Å². The fourth-order valence-corrected chi connectivity index (χ4v) is 6.59. The zero-order valence-electron chi connectivity index (χ0n) is 12.8. The normalized spacial score (nSPS) is 17.3. The van der Waals surface area contributed by atoms with E-state index < -0.39 is 17.2 Å². The molecule has 0 aliphatic carbocycles. The fraction of sp³-hybridized carbons (Fsp3) is 0.312. The van der Waals surface area contributed by atoms with E-state index in [4.69, 9.17) is 17.0 Å². The topological polar surface area (TPSA) is 46.6 Å². The summed E-state index contributed by atoms with van der Waals surface area (Å²) in [6, 6.07) is 3.56. The van der Waals surface area contributed by atoms with Gasteiger partial charge in [0.1, 0.15) is 9.57 Å². The molecule has 7 heteroatoms. The number of amides is 1. The molecule has 1 aromatic heterocycles. The highest BCUT2D eigenvalue weighted by Crippen LogP contribution is 2.56. The average Bonchev–Trinajstić information content (AvgIpc) is 3.00. The summed E-state index contributed by atoms with van der Waals surface area (Å²) in [5.41, 5.74) is 2.32. The molecule has 2 aromatic rings. The van der Waals surface area contributed by atoms with Crippen molar-refractivity contribution in [3.8, 4) is 16.9 Å². The second-order valence-electron chi connectivity index (χ2n) is 5.99. The maximum atomic E-state index is 12.6. The highest BCUT2D eigenvalue weighted by Gasteiger charge is 2.51. The molecule has 23 heavy (non-hydrogen) atoms. The molecule has 0 unspecified atom stereocenters. The van der Waals surface area contributed by atoms with Gasteiger partial charge in [-0.15, -0.1) is 0 Å². The number of fused-ring (bicyclic) bond motifs is 2. The van der Waals surface area contributed by atoms with Crippen molar-refractivity contribution < 1.29 is 14.3 Å². The molecule has 0 N–H and O–H groups in total. The summed E-state index contributed by atoms with van der Waals surface area (Å²) in [5.74, 6) is -0.351. The van der Waals surface area contributed by atoms with Crippen molar-refractivity contribution in [1.29, 1.82) is 0 Å². The van der Waals surface area contributed by atoms with Gasteiger partial charge in [0.15, 0.2) is 0 Å². The number of ether oxygens (including phenoxy) is 1. The molecule has 4 nitrogen and oxygen atoms in total. The van der Waals surface area contributed by atoms with Crippen LogP contribution in [0.5, 0.6) is 5.75 Å². The number of rotatable bonds is 2. The SMILES string of the molecule is CCOc1cc2c3c(c1)-c1c(ssc1=S)C(C)(C)N3C(=O)C2=O. The third kappa shape index (κ3) is 1.78. The van der Waals surface area contributed by atoms with Crippen molar-refractivity contribution in [3.05, 3.63) is 26.4 Å². The van der Waals surface area contributed by atoms with Crippen LogP contribution in [0.1, 0.15) is 36.0 Å². The smallest absolute Gasteiger partial charge is 0.300 e. The standard InChI is InChI=1S/C16H13NO3S3/c1-4-20-7-5-8-10-13(22-23-15(10)21)16(2,3)17-11(8)9(6-7)12(18)14(17)19/h5-6H,4H2,1-3H3. The van der Waals surface area contributed by atoms with Crippen molar-refractivity contribution in [2.45, 2.75) is 26.3 Å². The number of benzene rings is 1. The molecule has 2 aliphatic rings. The predicted molar refractivity (Wildman–Crippen MR) is 94.5 cm³/mol. The van der Waals surface area contributed by atoms with Gasteiger partial charge in [-0.25, -0.2) is 0 Å². The van der Waals surface area contributed by atoms with E-state index in [0.717, 1.165) is 19.8 Å². The Kier molecular flexibility index (Phi) is 3.07. The van der Waals surface area contributed by atoms with E-state index in [-0.39, 0.29) is 0 Å². The lowest BCUT2D eigenvalue weighted by Crippen LogP contribution is -2.46. The van der Waals surface area contributed by atoms with Gasteiger partial charge in [-0.1, -0.05) is 32.9 Å². The van der Waals surface area contributed by atoms with Crippen molar-refractivity contribution >= 4 is 50.3 Å². The van der Waals surface area contributed by atoms with E-state index in [2.05, 4.69) is 0 Å². The first-order valence-electron chi connectivity index (χ1n) is 7.21. The van der Waals surface area contributed by atoms with Crippen molar-refractivity contribution in [3.63, 3.8) is 0 Å². The van der Waals surface area contributed by atoms with Gasteiger partial charge in [0, 0.05) is 11.1 Å². The van der Waals surface area contributed by atoms with E-state index in [0.29, 0.717) is 23.6 Å². The third-order valence-corrected chi connectivity index (χ3v) is 7.61. The van der Waals surface area contributed by atoms with Crippen LogP contribution < -0.4 is 9.64 Å². The van der Waals surface area contributed by atoms with Crippen molar-refractivity contribution in [2.24, 2.45) is 0 Å². The summed E-state index contributed by atoms with van der Waals surface area (Å²) in [5, 5.41) is 0. The molecule has 0 fully saturated rings. The van der Waals surface area contributed by atoms with Crippen LogP contribution in [-0.4, -0.2) is 18.3 Å². The minimum atomic E-state index is -0.578. The summed E-state index contributed by atoms with van der Waals surface area (Å²) in [6.07, 6.45) is 0. The lowest BCUT2D eigenvalue weighted by atomic mass is 9.88. The number of hydrogen-bond donors (Lipinski definition) is 0. The van der Waals surface area contributed by atoms with Crippen LogP contribution in [0.25, 0.3) is 11.1 Å². The zero-order valence-corrected chi connectivity index (χ0v) is 15.2. The van der Waals surface area contributed by atoms with Gasteiger partial charge in [-0.2, -0.15) is 0 Å². The lowest BCUT2D eigenvalue weighted by molar-refractivity contribution is -0.115. The first kappa shape index (κ1) is 15.0. The monoisotopic (exact) mass is 363 g/mol. The molecule has 0 spiro atoms. The van der Waals surface area contributed by atoms with Crippen LogP contribution in [0, 0.1) is 3.82 Å². The molecule has 0 saturated carbocycles. The zero-order chi connectivity index (χ0) is 16.5. The number of ketones is 1. The Balaban J connectivity index is 2.14. The molecular formula is C16H13NO3S3. The van der Waals surface area contributed by atoms with Gasteiger partial charge in [-0.3, -0.25) is 14.5 Å². The fourth-order valence-electron chi connectivity index (χ4n) is 3.31. The number of Topliss-reactive ketones (excluding diaryl/α,β-unsaturated/α-hetero) is 1. The number of anilines is 1. The number of hydrogen-bond acceptors (Lipinski definition) is 6. The molecule has 0 atom stereocenters. The molecule has 1 aromatic carbocycles. The van der Waals surface area contributed by atoms with Crippen molar-refractivity contribution in [2.75, 3.05) is 11.5 Å². The van der Waals surface area contributed by atoms with Crippen LogP contribution in [0.3, 0.4) is 0 Å². The van der Waals surface area contributed by atoms with Gasteiger partial charge < -0.3 is 4.74 Å². The molecule has 3 heterocycles. The summed E-state index contributed by atoms with van der Waals surface area (Å²) < 4.78 is 6.38. The van der Waals surface area contributed by atoms with E-state index in [1.54, 1.807) is 21.3 Å². The summed E-state index contributed by atoms with van der Waals surface area (Å²) in [4.78, 5) is 27.7. The number of carbonyl (C=O) groups is 2. The highest BCUT2D eigenvalue weighted by molar-refractivity contribution is 7.80. The van der Waals surface area contributed by atoms with Crippen LogP contribution in [0.2, 0.25) is 0 Å². The maximum absolute atomic E-state index is 12.6. The highest BCUT2D eigenvalue weighted by atomic mass is 32.9. The summed E-state index contributed by atoms with van der Waals surface area (Å²) >= 11 is 5.52. The number of nitrogens with zero attached hydrogens (tertiary/aromatic N) is 1. The minimum absolute atomic E-state index is 0.417. The molecule has 118 valence electrons. The molecular weight excluding hydrogens is 350 g/mol. The largest absolute Gasteiger partial charge is 0.494 e. The molecule has 0 saturated heterocycles. The Bertz CT molecular complexity index is 939. The Labute approximate surface area is 145 Å². The van der Waals surface area contributed by atoms with Crippen LogP contribution in [0.15, 0.2) is 12.1 Å². The van der Waals surface area contributed by atoms with E-state index in [9.17, 15) is 9.59 Å². The third-order valence-electron chi connectivity index (χ3n) is 4.28. The molecule has 0 radical (unpaired) electrons. The van der Waals surface area contributed by atoms with Crippen LogP contribution in [-0.2, 0) is 10.3 Å². The summed E-state index contributed by atoms with van der Waals surface area (Å²) in [6.45, 7) is 6.31. The van der Waals surface area contributed by atoms with Crippen LogP contribution >= 0.6 is 32.9 Å². The lowest BCUT2D eigenvalue weighted by Gasteiger charge is -2.39. The predicted octanol–water partition coefficient (Wildman–Crippen LogP) is 4.38. The van der Waals surface area contributed by atoms with Gasteiger partial charge in [0.25, 0.3) is 11.7 Å². The Morgan fingerprint density at radius 3 is 2.61 bits per heavy atom. The average molecular weight is 363 g/mol. The minimum Gasteiger partial charge on any atom is -0.494 e. The van der Waals surface area contributed by atoms with Gasteiger partial charge in [-0.05, 0) is 32.9 Å². The van der Waals surface area contributed by atoms with Crippen molar-refractivity contribution in [1.82, 2.24) is 0 Å². The van der Waals surface area contributed by atoms with Gasteiger partial charge in [0.2, 0.25) is 0 Å². The molecule has 2 aliphatic heterocycles. The number of carbonyl (C=O) groups excluding carboxylic acids is 2. The second-order valence-corrected chi connectivity index (χ2v) is 8.80. The van der Waals surface area contributed by atoms with E-state index in [1.165, 1.54) is 10.3 Å². The maximum Gasteiger partial charge on any atom is 0.300 e. The van der Waals surface area contributed by atoms with Gasteiger partial charge in [0.05, 0.1) is 28.3 Å².